The van der Waals surface area contributed by atoms with Gasteiger partial charge in [-0.15, -0.1) is 0 Å². The Kier molecular flexibility index (Phi) is 3.10. The average molecular weight is 275 g/mol. The van der Waals surface area contributed by atoms with Crippen LogP contribution >= 0.6 is 0 Å². The molecule has 1 amide bonds. The molecule has 0 spiro atoms. The summed E-state index contributed by atoms with van der Waals surface area (Å²) < 4.78 is 6.54. The SMILES string of the molecule is CC(C(=O)Nc1ccc2c(c1)oc(=O)n2C)C1CNC1. The van der Waals surface area contributed by atoms with E-state index in [0.717, 1.165) is 13.1 Å². The Morgan fingerprint density at radius 2 is 2.25 bits per heavy atom. The quantitative estimate of drug-likeness (QED) is 0.873. The van der Waals surface area contributed by atoms with E-state index in [1.54, 1.807) is 25.2 Å². The first-order chi connectivity index (χ1) is 9.56. The van der Waals surface area contributed by atoms with Crippen LogP contribution in [-0.2, 0) is 11.8 Å². The van der Waals surface area contributed by atoms with Gasteiger partial charge >= 0.3 is 5.76 Å². The van der Waals surface area contributed by atoms with Gasteiger partial charge in [-0.1, -0.05) is 6.92 Å². The lowest BCUT2D eigenvalue weighted by molar-refractivity contribution is -0.121. The third-order valence-electron chi connectivity index (χ3n) is 3.99. The molecule has 1 aromatic carbocycles. The van der Waals surface area contributed by atoms with Crippen molar-refractivity contribution in [3.8, 4) is 0 Å². The highest BCUT2D eigenvalue weighted by Crippen LogP contribution is 2.21. The van der Waals surface area contributed by atoms with Gasteiger partial charge in [-0.3, -0.25) is 9.36 Å². The predicted molar refractivity (Wildman–Crippen MR) is 75.6 cm³/mol. The molecule has 0 saturated carbocycles. The fraction of sp³-hybridized carbons (Fsp3) is 0.429. The number of hydrogen-bond donors (Lipinski definition) is 2. The molecular weight excluding hydrogens is 258 g/mol. The van der Waals surface area contributed by atoms with Gasteiger partial charge in [0.05, 0.1) is 5.52 Å². The van der Waals surface area contributed by atoms with Gasteiger partial charge in [0.15, 0.2) is 5.58 Å². The van der Waals surface area contributed by atoms with Gasteiger partial charge in [-0.2, -0.15) is 0 Å². The molecule has 2 aromatic rings. The van der Waals surface area contributed by atoms with Crippen LogP contribution in [0.4, 0.5) is 5.69 Å². The fourth-order valence-corrected chi connectivity index (χ4v) is 2.35. The number of rotatable bonds is 3. The van der Waals surface area contributed by atoms with Crippen LogP contribution in [0, 0.1) is 11.8 Å². The monoisotopic (exact) mass is 275 g/mol. The number of hydrogen-bond acceptors (Lipinski definition) is 4. The Morgan fingerprint density at radius 1 is 1.50 bits per heavy atom. The minimum atomic E-state index is -0.405. The zero-order valence-electron chi connectivity index (χ0n) is 11.5. The third-order valence-corrected chi connectivity index (χ3v) is 3.99. The molecule has 1 fully saturated rings. The summed E-state index contributed by atoms with van der Waals surface area (Å²) in [6.45, 7) is 3.71. The maximum absolute atomic E-state index is 12.1. The summed E-state index contributed by atoms with van der Waals surface area (Å²) >= 11 is 0. The van der Waals surface area contributed by atoms with Crippen LogP contribution in [-0.4, -0.2) is 23.6 Å². The summed E-state index contributed by atoms with van der Waals surface area (Å²) in [7, 11) is 1.65. The van der Waals surface area contributed by atoms with E-state index in [0.29, 0.717) is 22.7 Å². The van der Waals surface area contributed by atoms with Crippen molar-refractivity contribution in [3.63, 3.8) is 0 Å². The molecule has 1 aliphatic heterocycles. The van der Waals surface area contributed by atoms with Crippen molar-refractivity contribution in [1.82, 2.24) is 9.88 Å². The normalized spacial score (nSPS) is 16.9. The van der Waals surface area contributed by atoms with Gasteiger partial charge in [0.2, 0.25) is 5.91 Å². The van der Waals surface area contributed by atoms with Crippen LogP contribution in [0.15, 0.2) is 27.4 Å². The number of fused-ring (bicyclic) bond motifs is 1. The maximum Gasteiger partial charge on any atom is 0.419 e. The zero-order valence-corrected chi connectivity index (χ0v) is 11.5. The number of carbonyl (C=O) groups excluding carboxylic acids is 1. The lowest BCUT2D eigenvalue weighted by Gasteiger charge is -2.31. The van der Waals surface area contributed by atoms with Crippen LogP contribution in [0.3, 0.4) is 0 Å². The van der Waals surface area contributed by atoms with Crippen LogP contribution < -0.4 is 16.4 Å². The van der Waals surface area contributed by atoms with Crippen LogP contribution in [0.25, 0.3) is 11.1 Å². The number of nitrogens with zero attached hydrogens (tertiary/aromatic N) is 1. The molecule has 1 aromatic heterocycles. The van der Waals surface area contributed by atoms with Crippen molar-refractivity contribution in [2.24, 2.45) is 18.9 Å². The summed E-state index contributed by atoms with van der Waals surface area (Å²) in [6.07, 6.45) is 0. The van der Waals surface area contributed by atoms with E-state index >= 15 is 0 Å². The molecule has 0 radical (unpaired) electrons. The van der Waals surface area contributed by atoms with E-state index in [2.05, 4.69) is 10.6 Å². The number of anilines is 1. The molecule has 3 rings (SSSR count). The highest BCUT2D eigenvalue weighted by molar-refractivity contribution is 5.94. The summed E-state index contributed by atoms with van der Waals surface area (Å²) in [5, 5.41) is 6.04. The highest BCUT2D eigenvalue weighted by Gasteiger charge is 2.28. The Bertz CT molecular complexity index is 712. The molecule has 1 atom stereocenters. The largest absolute Gasteiger partial charge is 0.419 e. The van der Waals surface area contributed by atoms with Gasteiger partial charge in [0, 0.05) is 24.7 Å². The molecule has 6 nitrogen and oxygen atoms in total. The number of amides is 1. The average Bonchev–Trinajstić information content (AvgIpc) is 2.62. The van der Waals surface area contributed by atoms with Crippen molar-refractivity contribution >= 4 is 22.7 Å². The number of carbonyl (C=O) groups is 1. The topological polar surface area (TPSA) is 76.3 Å². The number of aryl methyl sites for hydroxylation is 1. The Morgan fingerprint density at radius 3 is 2.90 bits per heavy atom. The lowest BCUT2D eigenvalue weighted by atomic mass is 9.88. The van der Waals surface area contributed by atoms with E-state index in [-0.39, 0.29) is 11.8 Å². The highest BCUT2D eigenvalue weighted by atomic mass is 16.4. The summed E-state index contributed by atoms with van der Waals surface area (Å²) in [4.78, 5) is 23.5. The molecule has 0 aliphatic carbocycles. The first-order valence-electron chi connectivity index (χ1n) is 6.67. The van der Waals surface area contributed by atoms with Gasteiger partial charge in [-0.25, -0.2) is 4.79 Å². The number of oxazole rings is 1. The van der Waals surface area contributed by atoms with E-state index < -0.39 is 5.76 Å². The van der Waals surface area contributed by atoms with Crippen molar-refractivity contribution in [2.75, 3.05) is 18.4 Å². The first kappa shape index (κ1) is 12.9. The van der Waals surface area contributed by atoms with Gasteiger partial charge in [0.25, 0.3) is 0 Å². The van der Waals surface area contributed by atoms with Crippen LogP contribution in [0.1, 0.15) is 6.92 Å². The van der Waals surface area contributed by atoms with Crippen molar-refractivity contribution in [2.45, 2.75) is 6.92 Å². The van der Waals surface area contributed by atoms with E-state index in [9.17, 15) is 9.59 Å². The number of aromatic nitrogens is 1. The second-order valence-corrected chi connectivity index (χ2v) is 5.31. The molecule has 106 valence electrons. The Hall–Kier alpha value is -2.08. The molecule has 20 heavy (non-hydrogen) atoms. The Labute approximate surface area is 115 Å². The lowest BCUT2D eigenvalue weighted by Crippen LogP contribution is -2.48. The minimum Gasteiger partial charge on any atom is -0.408 e. The zero-order chi connectivity index (χ0) is 14.3. The molecule has 6 heteroatoms. The molecule has 1 unspecified atom stereocenters. The van der Waals surface area contributed by atoms with Gasteiger partial charge < -0.3 is 15.1 Å². The summed E-state index contributed by atoms with van der Waals surface area (Å²) in [6, 6.07) is 5.23. The van der Waals surface area contributed by atoms with Gasteiger partial charge in [-0.05, 0) is 31.1 Å². The predicted octanol–water partition coefficient (Wildman–Crippen LogP) is 0.925. The van der Waals surface area contributed by atoms with E-state index in [4.69, 9.17) is 4.42 Å². The van der Waals surface area contributed by atoms with Crippen molar-refractivity contribution < 1.29 is 9.21 Å². The summed E-state index contributed by atoms with van der Waals surface area (Å²) in [5.74, 6) is -0.0466. The molecule has 2 N–H and O–H groups in total. The van der Waals surface area contributed by atoms with Gasteiger partial charge in [0.1, 0.15) is 0 Å². The smallest absolute Gasteiger partial charge is 0.408 e. The molecular formula is C14H17N3O3. The van der Waals surface area contributed by atoms with Crippen molar-refractivity contribution in [1.29, 1.82) is 0 Å². The van der Waals surface area contributed by atoms with Crippen molar-refractivity contribution in [3.05, 3.63) is 28.7 Å². The molecule has 0 bridgehead atoms. The first-order valence-corrected chi connectivity index (χ1v) is 6.67. The minimum absolute atomic E-state index is 0.00544. The molecule has 2 heterocycles. The maximum atomic E-state index is 12.1. The number of benzene rings is 1. The second-order valence-electron chi connectivity index (χ2n) is 5.31. The van der Waals surface area contributed by atoms with E-state index in [1.807, 2.05) is 6.92 Å². The third kappa shape index (κ3) is 2.12. The summed E-state index contributed by atoms with van der Waals surface area (Å²) in [5.41, 5.74) is 1.84. The van der Waals surface area contributed by atoms with Crippen LogP contribution in [0.2, 0.25) is 0 Å². The number of nitrogens with one attached hydrogen (secondary N) is 2. The second kappa shape index (κ2) is 4.79. The van der Waals surface area contributed by atoms with Crippen LogP contribution in [0.5, 0.6) is 0 Å². The molecule has 1 aliphatic rings. The standard InChI is InChI=1S/C14H17N3O3/c1-8(9-6-15-7-9)13(18)16-10-3-4-11-12(5-10)20-14(19)17(11)2/h3-5,8-9,15H,6-7H2,1-2H3,(H,16,18). The fourth-order valence-electron chi connectivity index (χ4n) is 2.35. The molecule has 1 saturated heterocycles. The van der Waals surface area contributed by atoms with E-state index in [1.165, 1.54) is 4.57 Å². The Balaban J connectivity index is 1.80.